The molecule has 1 rings (SSSR count). The highest BCUT2D eigenvalue weighted by molar-refractivity contribution is 5.98. The molecule has 0 saturated heterocycles. The molecule has 0 radical (unpaired) electrons. The van der Waals surface area contributed by atoms with Gasteiger partial charge in [-0.05, 0) is 32.9 Å². The first-order valence-corrected chi connectivity index (χ1v) is 5.23. The molecule has 1 aromatic rings. The zero-order valence-electron chi connectivity index (χ0n) is 10.4. The highest BCUT2D eigenvalue weighted by Gasteiger charge is 2.21. The summed E-state index contributed by atoms with van der Waals surface area (Å²) in [5.41, 5.74) is -1.08. The third kappa shape index (κ3) is 3.08. The van der Waals surface area contributed by atoms with Gasteiger partial charge in [0.05, 0.1) is 10.5 Å². The average Bonchev–Trinajstić information content (AvgIpc) is 2.28. The number of terminal acetylenes is 1. The summed E-state index contributed by atoms with van der Waals surface area (Å²) in [6.45, 7) is 4.63. The van der Waals surface area contributed by atoms with E-state index in [-0.39, 0.29) is 11.3 Å². The van der Waals surface area contributed by atoms with Crippen LogP contribution in [0.4, 0.5) is 5.69 Å². The third-order valence-corrected chi connectivity index (χ3v) is 2.26. The first-order chi connectivity index (χ1) is 8.26. The number of rotatable bonds is 4. The maximum absolute atomic E-state index is 11.4. The molecular weight excluding hydrogens is 234 g/mol. The lowest BCUT2D eigenvalue weighted by molar-refractivity contribution is -0.385. The molecule has 0 aromatic heterocycles. The molecule has 0 aliphatic rings. The maximum Gasteiger partial charge on any atom is 0.280 e. The van der Waals surface area contributed by atoms with Gasteiger partial charge >= 0.3 is 0 Å². The van der Waals surface area contributed by atoms with E-state index in [4.69, 9.17) is 11.2 Å². The van der Waals surface area contributed by atoms with E-state index in [0.717, 1.165) is 0 Å². The summed E-state index contributed by atoms with van der Waals surface area (Å²) in [6.07, 6.45) is 5.28. The molecule has 18 heavy (non-hydrogen) atoms. The fraction of sp³-hybridized carbons (Fsp3) is 0.308. The second-order valence-corrected chi connectivity index (χ2v) is 4.25. The predicted octanol–water partition coefficient (Wildman–Crippen LogP) is 2.59. The summed E-state index contributed by atoms with van der Waals surface area (Å²) in [5.74, 6) is 2.36. The van der Waals surface area contributed by atoms with Crippen LogP contribution in [0.5, 0.6) is 5.75 Å². The standard InChI is InChI=1S/C13H13NO4/c1-5-13(3,4)18-10-6-7-12(14(16)17)11(8-10)9(2)15/h1,6-8H,2-4H3. The Balaban J connectivity index is 3.21. The van der Waals surface area contributed by atoms with Crippen LogP contribution >= 0.6 is 0 Å². The summed E-state index contributed by atoms with van der Waals surface area (Å²) in [6, 6.07) is 3.99. The van der Waals surface area contributed by atoms with Crippen molar-refractivity contribution in [2.45, 2.75) is 26.4 Å². The summed E-state index contributed by atoms with van der Waals surface area (Å²) in [5, 5.41) is 10.8. The highest BCUT2D eigenvalue weighted by Crippen LogP contribution is 2.26. The van der Waals surface area contributed by atoms with E-state index in [1.807, 2.05) is 0 Å². The molecular formula is C13H13NO4. The lowest BCUT2D eigenvalue weighted by Crippen LogP contribution is -2.25. The summed E-state index contributed by atoms with van der Waals surface area (Å²) >= 11 is 0. The van der Waals surface area contributed by atoms with Gasteiger partial charge in [0.25, 0.3) is 5.69 Å². The Kier molecular flexibility index (Phi) is 3.72. The molecule has 0 atom stereocenters. The van der Waals surface area contributed by atoms with Gasteiger partial charge in [0, 0.05) is 6.07 Å². The number of carbonyl (C=O) groups excluding carboxylic acids is 1. The monoisotopic (exact) mass is 247 g/mol. The van der Waals surface area contributed by atoms with Crippen molar-refractivity contribution in [1.82, 2.24) is 0 Å². The van der Waals surface area contributed by atoms with Crippen LogP contribution in [0.3, 0.4) is 0 Å². The first-order valence-electron chi connectivity index (χ1n) is 5.23. The van der Waals surface area contributed by atoms with E-state index in [9.17, 15) is 14.9 Å². The molecule has 0 aliphatic carbocycles. The van der Waals surface area contributed by atoms with Crippen LogP contribution in [0.2, 0.25) is 0 Å². The zero-order valence-corrected chi connectivity index (χ0v) is 10.4. The van der Waals surface area contributed by atoms with Crippen molar-refractivity contribution >= 4 is 11.5 Å². The highest BCUT2D eigenvalue weighted by atomic mass is 16.6. The number of Topliss-reactive ketones (excluding diaryl/α,β-unsaturated/α-hetero) is 1. The van der Waals surface area contributed by atoms with Gasteiger partial charge in [0.1, 0.15) is 5.75 Å². The molecule has 0 saturated carbocycles. The van der Waals surface area contributed by atoms with Crippen LogP contribution in [0.25, 0.3) is 0 Å². The molecule has 5 heteroatoms. The normalized spacial score (nSPS) is 10.6. The fourth-order valence-corrected chi connectivity index (χ4v) is 1.34. The first kappa shape index (κ1) is 13.7. The number of ether oxygens (including phenoxy) is 1. The molecule has 0 fully saturated rings. The van der Waals surface area contributed by atoms with E-state index >= 15 is 0 Å². The second kappa shape index (κ2) is 4.88. The van der Waals surface area contributed by atoms with Gasteiger partial charge in [-0.1, -0.05) is 5.92 Å². The number of hydrogen-bond acceptors (Lipinski definition) is 4. The van der Waals surface area contributed by atoms with Crippen molar-refractivity contribution in [2.75, 3.05) is 0 Å². The van der Waals surface area contributed by atoms with Gasteiger partial charge in [-0.25, -0.2) is 0 Å². The number of ketones is 1. The molecule has 1 aromatic carbocycles. The third-order valence-electron chi connectivity index (χ3n) is 2.26. The summed E-state index contributed by atoms with van der Waals surface area (Å²) < 4.78 is 5.47. The number of hydrogen-bond donors (Lipinski definition) is 0. The SMILES string of the molecule is C#CC(C)(C)Oc1ccc([N+](=O)[O-])c(C(C)=O)c1. The molecule has 0 heterocycles. The van der Waals surface area contributed by atoms with E-state index in [1.54, 1.807) is 13.8 Å². The molecule has 5 nitrogen and oxygen atoms in total. The minimum Gasteiger partial charge on any atom is -0.475 e. The zero-order chi connectivity index (χ0) is 13.9. The molecule has 0 amide bonds. The fourth-order valence-electron chi connectivity index (χ4n) is 1.34. The Morgan fingerprint density at radius 1 is 1.50 bits per heavy atom. The smallest absolute Gasteiger partial charge is 0.280 e. The molecule has 0 unspecified atom stereocenters. The largest absolute Gasteiger partial charge is 0.475 e. The number of nitro benzene ring substituents is 1. The van der Waals surface area contributed by atoms with Crippen LogP contribution < -0.4 is 4.74 Å². The predicted molar refractivity (Wildman–Crippen MR) is 66.6 cm³/mol. The topological polar surface area (TPSA) is 69.4 Å². The van der Waals surface area contributed by atoms with Gasteiger partial charge < -0.3 is 4.74 Å². The minimum atomic E-state index is -0.843. The Morgan fingerprint density at radius 3 is 2.56 bits per heavy atom. The Morgan fingerprint density at radius 2 is 2.11 bits per heavy atom. The van der Waals surface area contributed by atoms with Crippen LogP contribution in [0.15, 0.2) is 18.2 Å². The van der Waals surface area contributed by atoms with Gasteiger partial charge in [-0.15, -0.1) is 6.42 Å². The Labute approximate surface area is 105 Å². The maximum atomic E-state index is 11.4. The van der Waals surface area contributed by atoms with Gasteiger partial charge in [-0.3, -0.25) is 14.9 Å². The van der Waals surface area contributed by atoms with Crippen LogP contribution in [-0.4, -0.2) is 16.3 Å². The minimum absolute atomic E-state index is 0.00493. The average molecular weight is 247 g/mol. The Bertz CT molecular complexity index is 540. The summed E-state index contributed by atoms with van der Waals surface area (Å²) in [4.78, 5) is 21.5. The molecule has 0 aliphatic heterocycles. The molecule has 0 bridgehead atoms. The molecule has 0 spiro atoms. The van der Waals surface area contributed by atoms with Crippen LogP contribution in [-0.2, 0) is 0 Å². The van der Waals surface area contributed by atoms with Crippen molar-refractivity contribution < 1.29 is 14.5 Å². The second-order valence-electron chi connectivity index (χ2n) is 4.25. The van der Waals surface area contributed by atoms with Crippen molar-refractivity contribution in [3.8, 4) is 18.1 Å². The van der Waals surface area contributed by atoms with E-state index in [1.165, 1.54) is 25.1 Å². The van der Waals surface area contributed by atoms with E-state index < -0.39 is 16.3 Å². The van der Waals surface area contributed by atoms with E-state index in [0.29, 0.717) is 5.75 Å². The van der Waals surface area contributed by atoms with Crippen LogP contribution in [0.1, 0.15) is 31.1 Å². The van der Waals surface area contributed by atoms with Crippen molar-refractivity contribution in [1.29, 1.82) is 0 Å². The van der Waals surface area contributed by atoms with Crippen LogP contribution in [0, 0.1) is 22.5 Å². The van der Waals surface area contributed by atoms with Crippen molar-refractivity contribution in [3.63, 3.8) is 0 Å². The number of nitrogens with zero attached hydrogens (tertiary/aromatic N) is 1. The Hall–Kier alpha value is -2.35. The van der Waals surface area contributed by atoms with Gasteiger partial charge in [0.15, 0.2) is 11.4 Å². The number of benzene rings is 1. The van der Waals surface area contributed by atoms with Crippen molar-refractivity contribution in [2.24, 2.45) is 0 Å². The molecule has 94 valence electrons. The quantitative estimate of drug-likeness (QED) is 0.355. The number of nitro groups is 1. The van der Waals surface area contributed by atoms with Gasteiger partial charge in [-0.2, -0.15) is 0 Å². The molecule has 0 N–H and O–H groups in total. The van der Waals surface area contributed by atoms with Gasteiger partial charge in [0.2, 0.25) is 0 Å². The number of carbonyl (C=O) groups is 1. The summed E-state index contributed by atoms with van der Waals surface area (Å²) in [7, 11) is 0. The van der Waals surface area contributed by atoms with Crippen molar-refractivity contribution in [3.05, 3.63) is 33.9 Å². The van der Waals surface area contributed by atoms with E-state index in [2.05, 4.69) is 5.92 Å². The lowest BCUT2D eigenvalue weighted by atomic mass is 10.1. The lowest BCUT2D eigenvalue weighted by Gasteiger charge is -2.20.